The van der Waals surface area contributed by atoms with Gasteiger partial charge in [0.05, 0.1) is 0 Å². The van der Waals surface area contributed by atoms with E-state index in [0.29, 0.717) is 0 Å². The van der Waals surface area contributed by atoms with Crippen molar-refractivity contribution in [2.45, 2.75) is 0 Å². The van der Waals surface area contributed by atoms with Crippen LogP contribution in [-0.2, 0) is 14.5 Å². The molecule has 0 bridgehead atoms. The SMILES string of the molecule is O=S1(=O)N=CC=C(Br)O1. The third kappa shape index (κ3) is 1.79. The lowest BCUT2D eigenvalue weighted by Crippen LogP contribution is -2.02. The van der Waals surface area contributed by atoms with Crippen LogP contribution < -0.4 is 0 Å². The van der Waals surface area contributed by atoms with E-state index < -0.39 is 10.3 Å². The van der Waals surface area contributed by atoms with E-state index in [1.807, 2.05) is 0 Å². The van der Waals surface area contributed by atoms with Crippen LogP contribution in [0, 0.1) is 0 Å². The minimum atomic E-state index is -3.68. The molecule has 0 unspecified atom stereocenters. The maximum absolute atomic E-state index is 10.4. The van der Waals surface area contributed by atoms with Crippen molar-refractivity contribution < 1.29 is 12.6 Å². The molecule has 1 heterocycles. The van der Waals surface area contributed by atoms with E-state index in [1.54, 1.807) is 0 Å². The molecule has 0 amide bonds. The van der Waals surface area contributed by atoms with Gasteiger partial charge in [0.2, 0.25) is 0 Å². The van der Waals surface area contributed by atoms with Crippen LogP contribution in [0.2, 0.25) is 0 Å². The molecule has 4 nitrogen and oxygen atoms in total. The van der Waals surface area contributed by atoms with E-state index in [-0.39, 0.29) is 4.67 Å². The maximum Gasteiger partial charge on any atom is 0.428 e. The Balaban J connectivity index is 2.99. The summed E-state index contributed by atoms with van der Waals surface area (Å²) in [5, 5.41) is 0. The topological polar surface area (TPSA) is 55.7 Å². The Morgan fingerprint density at radius 1 is 1.67 bits per heavy atom. The molecule has 0 radical (unpaired) electrons. The van der Waals surface area contributed by atoms with Gasteiger partial charge < -0.3 is 4.18 Å². The fourth-order valence-electron chi connectivity index (χ4n) is 0.313. The van der Waals surface area contributed by atoms with Crippen molar-refractivity contribution in [3.05, 3.63) is 10.7 Å². The average Bonchev–Trinajstić information content (AvgIpc) is 1.60. The van der Waals surface area contributed by atoms with Gasteiger partial charge >= 0.3 is 10.3 Å². The van der Waals surface area contributed by atoms with Crippen molar-refractivity contribution in [3.8, 4) is 0 Å². The van der Waals surface area contributed by atoms with Crippen LogP contribution in [0.15, 0.2) is 15.1 Å². The molecule has 0 spiro atoms. The lowest BCUT2D eigenvalue weighted by molar-refractivity contribution is 0.436. The summed E-state index contributed by atoms with van der Waals surface area (Å²) in [7, 11) is -3.68. The van der Waals surface area contributed by atoms with Crippen molar-refractivity contribution >= 4 is 32.4 Å². The largest absolute Gasteiger partial charge is 0.428 e. The van der Waals surface area contributed by atoms with Crippen LogP contribution in [0.4, 0.5) is 0 Å². The standard InChI is InChI=1S/C3H2BrNO3S/c4-3-1-2-5-9(6,7)8-3/h1-2H. The quantitative estimate of drug-likeness (QED) is 0.589. The van der Waals surface area contributed by atoms with E-state index in [9.17, 15) is 8.42 Å². The van der Waals surface area contributed by atoms with Gasteiger partial charge in [0, 0.05) is 12.3 Å². The fourth-order valence-corrected chi connectivity index (χ4v) is 1.44. The Morgan fingerprint density at radius 2 is 2.33 bits per heavy atom. The van der Waals surface area contributed by atoms with E-state index in [4.69, 9.17) is 0 Å². The molecule has 0 atom stereocenters. The summed E-state index contributed by atoms with van der Waals surface area (Å²) in [6.45, 7) is 0. The van der Waals surface area contributed by atoms with Gasteiger partial charge in [-0.05, 0) is 15.9 Å². The fraction of sp³-hybridized carbons (Fsp3) is 0. The van der Waals surface area contributed by atoms with Gasteiger partial charge in [-0.25, -0.2) is 0 Å². The second-order valence-corrected chi connectivity index (χ2v) is 3.25. The Hall–Kier alpha value is -0.360. The lowest BCUT2D eigenvalue weighted by Gasteiger charge is -2.01. The molecule has 1 rings (SSSR count). The van der Waals surface area contributed by atoms with Gasteiger partial charge in [0.1, 0.15) is 0 Å². The van der Waals surface area contributed by atoms with Crippen LogP contribution >= 0.6 is 15.9 Å². The molecular formula is C3H2BrNO3S. The summed E-state index contributed by atoms with van der Waals surface area (Å²) in [6.07, 6.45) is 2.53. The summed E-state index contributed by atoms with van der Waals surface area (Å²) in [4.78, 5) is 0. The highest BCUT2D eigenvalue weighted by molar-refractivity contribution is 9.11. The van der Waals surface area contributed by atoms with Gasteiger partial charge in [-0.3, -0.25) is 0 Å². The highest BCUT2D eigenvalue weighted by Gasteiger charge is 2.12. The summed E-state index contributed by atoms with van der Waals surface area (Å²) in [6, 6.07) is 0. The zero-order valence-electron chi connectivity index (χ0n) is 4.11. The molecule has 0 N–H and O–H groups in total. The number of rotatable bonds is 0. The maximum atomic E-state index is 10.4. The first kappa shape index (κ1) is 6.76. The Morgan fingerprint density at radius 3 is 2.67 bits per heavy atom. The van der Waals surface area contributed by atoms with Crippen molar-refractivity contribution in [3.63, 3.8) is 0 Å². The zero-order chi connectivity index (χ0) is 6.91. The van der Waals surface area contributed by atoms with Crippen molar-refractivity contribution in [2.75, 3.05) is 0 Å². The summed E-state index contributed by atoms with van der Waals surface area (Å²) >= 11 is 2.83. The third-order valence-corrected chi connectivity index (χ3v) is 1.99. The van der Waals surface area contributed by atoms with Crippen LogP contribution in [0.25, 0.3) is 0 Å². The van der Waals surface area contributed by atoms with Gasteiger partial charge in [-0.1, -0.05) is 0 Å². The van der Waals surface area contributed by atoms with E-state index in [0.717, 1.165) is 6.21 Å². The minimum Gasteiger partial charge on any atom is -0.358 e. The average molecular weight is 212 g/mol. The Bertz CT molecular complexity index is 265. The first-order valence-corrected chi connectivity index (χ1v) is 4.11. The van der Waals surface area contributed by atoms with E-state index in [1.165, 1.54) is 6.08 Å². The summed E-state index contributed by atoms with van der Waals surface area (Å²) in [5.74, 6) is 0. The molecule has 9 heavy (non-hydrogen) atoms. The smallest absolute Gasteiger partial charge is 0.358 e. The van der Waals surface area contributed by atoms with Crippen LogP contribution in [0.3, 0.4) is 0 Å². The monoisotopic (exact) mass is 211 g/mol. The van der Waals surface area contributed by atoms with E-state index >= 15 is 0 Å². The number of hydrogen-bond acceptors (Lipinski definition) is 3. The molecule has 0 saturated heterocycles. The second kappa shape index (κ2) is 2.11. The predicted octanol–water partition coefficient (Wildman–Crippen LogP) is 0.569. The molecule has 1 aliphatic rings. The molecule has 0 aliphatic carbocycles. The van der Waals surface area contributed by atoms with E-state index in [2.05, 4.69) is 24.5 Å². The van der Waals surface area contributed by atoms with Crippen molar-refractivity contribution in [1.82, 2.24) is 0 Å². The molecule has 1 aliphatic heterocycles. The zero-order valence-corrected chi connectivity index (χ0v) is 6.52. The molecule has 0 fully saturated rings. The first-order valence-electron chi connectivity index (χ1n) is 1.96. The highest BCUT2D eigenvalue weighted by Crippen LogP contribution is 2.14. The molecule has 0 saturated carbocycles. The molecule has 0 aromatic carbocycles. The Kier molecular flexibility index (Phi) is 1.58. The summed E-state index contributed by atoms with van der Waals surface area (Å²) in [5.41, 5.74) is 0. The van der Waals surface area contributed by atoms with Gasteiger partial charge in [0.25, 0.3) is 0 Å². The number of allylic oxidation sites excluding steroid dienone is 1. The molecular weight excluding hydrogens is 210 g/mol. The van der Waals surface area contributed by atoms with Crippen LogP contribution in [0.5, 0.6) is 0 Å². The van der Waals surface area contributed by atoms with Gasteiger partial charge in [0.15, 0.2) is 4.67 Å². The minimum absolute atomic E-state index is 0.150. The van der Waals surface area contributed by atoms with Gasteiger partial charge in [-0.15, -0.1) is 4.40 Å². The number of nitrogens with zero attached hydrogens (tertiary/aromatic N) is 1. The van der Waals surface area contributed by atoms with Crippen molar-refractivity contribution in [2.24, 2.45) is 4.40 Å². The predicted molar refractivity (Wildman–Crippen MR) is 35.5 cm³/mol. The van der Waals surface area contributed by atoms with Crippen LogP contribution in [-0.4, -0.2) is 14.6 Å². The molecule has 0 aromatic heterocycles. The lowest BCUT2D eigenvalue weighted by atomic mass is 10.7. The highest BCUT2D eigenvalue weighted by atomic mass is 79.9. The van der Waals surface area contributed by atoms with Crippen LogP contribution in [0.1, 0.15) is 0 Å². The first-order chi connectivity index (χ1) is 4.10. The molecule has 6 heteroatoms. The third-order valence-electron chi connectivity index (χ3n) is 0.580. The van der Waals surface area contributed by atoms with Gasteiger partial charge in [-0.2, -0.15) is 8.42 Å². The second-order valence-electron chi connectivity index (χ2n) is 1.24. The molecule has 50 valence electrons. The number of halogens is 1. The Labute approximate surface area is 60.6 Å². The summed E-state index contributed by atoms with van der Waals surface area (Å²) < 4.78 is 28.1. The van der Waals surface area contributed by atoms with Crippen molar-refractivity contribution in [1.29, 1.82) is 0 Å². The normalized spacial score (nSPS) is 22.6. The number of hydrogen-bond donors (Lipinski definition) is 0. The molecule has 0 aromatic rings.